The molecule has 21 heavy (non-hydrogen) atoms. The van der Waals surface area contributed by atoms with E-state index in [0.29, 0.717) is 0 Å². The van der Waals surface area contributed by atoms with Crippen LogP contribution in [0.2, 0.25) is 0 Å². The fourth-order valence-electron chi connectivity index (χ4n) is 2.90. The molecule has 0 heterocycles. The Labute approximate surface area is 127 Å². The van der Waals surface area contributed by atoms with Gasteiger partial charge in [-0.05, 0) is 69.0 Å². The average Bonchev–Trinajstić information content (AvgIpc) is 2.36. The standard InChI is InChI=1S/C19H25NO/c1-12(2)21-17-8-6-7-16(11-17)19(20)18-14(4)9-13(3)10-15(18)5/h6-12,19H,20H2,1-5H3. The van der Waals surface area contributed by atoms with Gasteiger partial charge in [0.1, 0.15) is 5.75 Å². The molecule has 112 valence electrons. The van der Waals surface area contributed by atoms with E-state index in [1.165, 1.54) is 22.3 Å². The van der Waals surface area contributed by atoms with E-state index in [1.54, 1.807) is 0 Å². The molecule has 0 aliphatic heterocycles. The molecule has 1 atom stereocenters. The third kappa shape index (κ3) is 3.64. The molecule has 0 radical (unpaired) electrons. The molecular weight excluding hydrogens is 258 g/mol. The number of aryl methyl sites for hydroxylation is 3. The van der Waals surface area contributed by atoms with Gasteiger partial charge in [0.05, 0.1) is 12.1 Å². The van der Waals surface area contributed by atoms with Gasteiger partial charge < -0.3 is 10.5 Å². The highest BCUT2D eigenvalue weighted by Crippen LogP contribution is 2.29. The Hall–Kier alpha value is -1.80. The first-order chi connectivity index (χ1) is 9.88. The van der Waals surface area contributed by atoms with Gasteiger partial charge in [0.25, 0.3) is 0 Å². The molecule has 2 aromatic rings. The molecule has 0 saturated heterocycles. The van der Waals surface area contributed by atoms with E-state index < -0.39 is 0 Å². The fourth-order valence-corrected chi connectivity index (χ4v) is 2.90. The van der Waals surface area contributed by atoms with Gasteiger partial charge in [-0.1, -0.05) is 29.8 Å². The predicted octanol–water partition coefficient (Wildman–Crippen LogP) is 4.45. The molecular formula is C19H25NO. The maximum atomic E-state index is 6.51. The summed E-state index contributed by atoms with van der Waals surface area (Å²) in [4.78, 5) is 0. The van der Waals surface area contributed by atoms with Crippen LogP contribution in [0.25, 0.3) is 0 Å². The summed E-state index contributed by atoms with van der Waals surface area (Å²) in [6.07, 6.45) is 0.166. The summed E-state index contributed by atoms with van der Waals surface area (Å²) in [5, 5.41) is 0. The largest absolute Gasteiger partial charge is 0.491 e. The van der Waals surface area contributed by atoms with Crippen LogP contribution in [-0.4, -0.2) is 6.10 Å². The lowest BCUT2D eigenvalue weighted by Crippen LogP contribution is -2.15. The normalized spacial score (nSPS) is 12.5. The quantitative estimate of drug-likeness (QED) is 0.900. The third-order valence-electron chi connectivity index (χ3n) is 3.64. The molecule has 0 aliphatic carbocycles. The summed E-state index contributed by atoms with van der Waals surface area (Å²) in [7, 11) is 0. The highest BCUT2D eigenvalue weighted by Gasteiger charge is 2.15. The highest BCUT2D eigenvalue weighted by atomic mass is 16.5. The van der Waals surface area contributed by atoms with Crippen LogP contribution in [0.5, 0.6) is 5.75 Å². The maximum Gasteiger partial charge on any atom is 0.120 e. The molecule has 0 aliphatic rings. The number of benzene rings is 2. The van der Waals surface area contributed by atoms with Crippen LogP contribution in [0.4, 0.5) is 0 Å². The molecule has 0 bridgehead atoms. The number of nitrogens with two attached hydrogens (primary N) is 1. The second-order valence-corrected chi connectivity index (χ2v) is 6.03. The molecule has 2 nitrogen and oxygen atoms in total. The summed E-state index contributed by atoms with van der Waals surface area (Å²) in [6, 6.07) is 12.4. The number of hydrogen-bond donors (Lipinski definition) is 1. The molecule has 1 unspecified atom stereocenters. The topological polar surface area (TPSA) is 35.2 Å². The minimum Gasteiger partial charge on any atom is -0.491 e. The van der Waals surface area contributed by atoms with Gasteiger partial charge in [0.2, 0.25) is 0 Å². The molecule has 0 aromatic heterocycles. The Kier molecular flexibility index (Phi) is 4.69. The zero-order valence-electron chi connectivity index (χ0n) is 13.6. The van der Waals surface area contributed by atoms with E-state index >= 15 is 0 Å². The summed E-state index contributed by atoms with van der Waals surface area (Å²) in [5.74, 6) is 0.875. The van der Waals surface area contributed by atoms with E-state index in [9.17, 15) is 0 Å². The van der Waals surface area contributed by atoms with Crippen LogP contribution in [0, 0.1) is 20.8 Å². The monoisotopic (exact) mass is 283 g/mol. The van der Waals surface area contributed by atoms with Crippen molar-refractivity contribution in [3.63, 3.8) is 0 Å². The van der Waals surface area contributed by atoms with Crippen molar-refractivity contribution in [3.05, 3.63) is 64.2 Å². The summed E-state index contributed by atoms with van der Waals surface area (Å²) in [5.41, 5.74) is 12.6. The van der Waals surface area contributed by atoms with Crippen molar-refractivity contribution in [3.8, 4) is 5.75 Å². The summed E-state index contributed by atoms with van der Waals surface area (Å²) < 4.78 is 5.76. The van der Waals surface area contributed by atoms with Gasteiger partial charge in [-0.2, -0.15) is 0 Å². The van der Waals surface area contributed by atoms with Gasteiger partial charge in [0, 0.05) is 0 Å². The summed E-state index contributed by atoms with van der Waals surface area (Å²) in [6.45, 7) is 10.4. The van der Waals surface area contributed by atoms with Crippen LogP contribution in [0.15, 0.2) is 36.4 Å². The molecule has 0 saturated carbocycles. The van der Waals surface area contributed by atoms with E-state index in [0.717, 1.165) is 11.3 Å². The lowest BCUT2D eigenvalue weighted by molar-refractivity contribution is 0.242. The zero-order valence-corrected chi connectivity index (χ0v) is 13.6. The smallest absolute Gasteiger partial charge is 0.120 e. The Morgan fingerprint density at radius 2 is 1.57 bits per heavy atom. The van der Waals surface area contributed by atoms with Crippen LogP contribution >= 0.6 is 0 Å². The van der Waals surface area contributed by atoms with Gasteiger partial charge in [-0.25, -0.2) is 0 Å². The first kappa shape index (κ1) is 15.6. The maximum absolute atomic E-state index is 6.51. The number of rotatable bonds is 4. The van der Waals surface area contributed by atoms with Crippen LogP contribution in [0.1, 0.15) is 47.7 Å². The molecule has 0 amide bonds. The number of hydrogen-bond acceptors (Lipinski definition) is 2. The second kappa shape index (κ2) is 6.31. The number of ether oxygens (including phenoxy) is 1. The van der Waals surface area contributed by atoms with Crippen molar-refractivity contribution in [2.24, 2.45) is 5.73 Å². The molecule has 0 fully saturated rings. The van der Waals surface area contributed by atoms with Crippen molar-refractivity contribution >= 4 is 0 Å². The molecule has 2 aromatic carbocycles. The lowest BCUT2D eigenvalue weighted by atomic mass is 9.90. The van der Waals surface area contributed by atoms with Crippen molar-refractivity contribution < 1.29 is 4.74 Å². The van der Waals surface area contributed by atoms with Crippen LogP contribution in [-0.2, 0) is 0 Å². The van der Waals surface area contributed by atoms with Crippen LogP contribution < -0.4 is 10.5 Å². The summed E-state index contributed by atoms with van der Waals surface area (Å²) >= 11 is 0. The van der Waals surface area contributed by atoms with Gasteiger partial charge in [0.15, 0.2) is 0 Å². The Morgan fingerprint density at radius 3 is 2.14 bits per heavy atom. The van der Waals surface area contributed by atoms with Gasteiger partial charge in [-0.3, -0.25) is 0 Å². The predicted molar refractivity (Wildman–Crippen MR) is 88.9 cm³/mol. The Bertz CT molecular complexity index is 608. The van der Waals surface area contributed by atoms with E-state index in [4.69, 9.17) is 10.5 Å². The van der Waals surface area contributed by atoms with Crippen molar-refractivity contribution in [1.29, 1.82) is 0 Å². The van der Waals surface area contributed by atoms with E-state index in [-0.39, 0.29) is 12.1 Å². The highest BCUT2D eigenvalue weighted by molar-refractivity contribution is 5.45. The molecule has 2 heteroatoms. The molecule has 2 N–H and O–H groups in total. The first-order valence-electron chi connectivity index (χ1n) is 7.48. The van der Waals surface area contributed by atoms with Crippen molar-refractivity contribution in [2.75, 3.05) is 0 Å². The van der Waals surface area contributed by atoms with Crippen molar-refractivity contribution in [2.45, 2.75) is 46.8 Å². The first-order valence-corrected chi connectivity index (χ1v) is 7.48. The average molecular weight is 283 g/mol. The van der Waals surface area contributed by atoms with Crippen LogP contribution in [0.3, 0.4) is 0 Å². The minimum atomic E-state index is -0.124. The van der Waals surface area contributed by atoms with E-state index in [1.807, 2.05) is 32.0 Å². The minimum absolute atomic E-state index is 0.124. The van der Waals surface area contributed by atoms with Crippen molar-refractivity contribution in [1.82, 2.24) is 0 Å². The van der Waals surface area contributed by atoms with E-state index in [2.05, 4.69) is 39.0 Å². The second-order valence-electron chi connectivity index (χ2n) is 6.03. The van der Waals surface area contributed by atoms with Gasteiger partial charge in [-0.15, -0.1) is 0 Å². The zero-order chi connectivity index (χ0) is 15.6. The SMILES string of the molecule is Cc1cc(C)c(C(N)c2cccc(OC(C)C)c2)c(C)c1. The third-order valence-corrected chi connectivity index (χ3v) is 3.64. The molecule has 2 rings (SSSR count). The van der Waals surface area contributed by atoms with Gasteiger partial charge >= 0.3 is 0 Å². The molecule has 0 spiro atoms. The lowest BCUT2D eigenvalue weighted by Gasteiger charge is -2.20. The Morgan fingerprint density at radius 1 is 0.952 bits per heavy atom. The fraction of sp³-hybridized carbons (Fsp3) is 0.368. The Balaban J connectivity index is 2.38.